The van der Waals surface area contributed by atoms with Crippen LogP contribution in [0.3, 0.4) is 0 Å². The van der Waals surface area contributed by atoms with Crippen molar-refractivity contribution in [3.63, 3.8) is 0 Å². The van der Waals surface area contributed by atoms with Crippen molar-refractivity contribution < 1.29 is 8.42 Å². The van der Waals surface area contributed by atoms with Crippen LogP contribution in [0.4, 0.5) is 5.82 Å². The lowest BCUT2D eigenvalue weighted by Crippen LogP contribution is -2.14. The minimum Gasteiger partial charge on any atom is -0.263 e. The molecule has 0 atom stereocenters. The van der Waals surface area contributed by atoms with E-state index in [4.69, 9.17) is 23.2 Å². The number of hydrogen-bond donors (Lipinski definition) is 1. The normalized spacial score (nSPS) is 11.3. The highest BCUT2D eigenvalue weighted by Gasteiger charge is 2.14. The number of alkyl halides is 1. The molecule has 1 aromatic heterocycles. The molecule has 2 aromatic rings. The quantitative estimate of drug-likeness (QED) is 0.675. The molecule has 20 heavy (non-hydrogen) atoms. The Morgan fingerprint density at radius 3 is 2.45 bits per heavy atom. The molecular weight excluding hydrogens is 321 g/mol. The van der Waals surface area contributed by atoms with Crippen LogP contribution in [0.25, 0.3) is 0 Å². The molecule has 8 heteroatoms. The van der Waals surface area contributed by atoms with Gasteiger partial charge in [-0.3, -0.25) is 4.72 Å². The largest absolute Gasteiger partial charge is 0.263 e. The molecule has 1 heterocycles. The van der Waals surface area contributed by atoms with E-state index in [1.165, 1.54) is 24.4 Å². The molecule has 0 bridgehead atoms. The Hall–Kier alpha value is -1.37. The molecule has 0 spiro atoms. The Bertz CT molecular complexity index is 690. The highest BCUT2D eigenvalue weighted by Crippen LogP contribution is 2.16. The summed E-state index contributed by atoms with van der Waals surface area (Å²) in [5.41, 5.74) is 0.976. The average Bonchev–Trinajstić information content (AvgIpc) is 2.39. The molecule has 0 aliphatic carbocycles. The number of rotatable bonds is 5. The van der Waals surface area contributed by atoms with Gasteiger partial charge in [0.05, 0.1) is 4.90 Å². The summed E-state index contributed by atoms with van der Waals surface area (Å²) in [6.07, 6.45) is 2.06. The van der Waals surface area contributed by atoms with Crippen LogP contribution >= 0.6 is 23.2 Å². The standard InChI is InChI=1S/C12H11Cl2N3O2S/c13-7-5-9-1-3-10(4-2-9)20(18,19)17-11-6-8-15-12(14)16-11/h1-4,6,8H,5,7H2,(H,15,16,17). The van der Waals surface area contributed by atoms with E-state index in [9.17, 15) is 8.42 Å². The highest BCUT2D eigenvalue weighted by atomic mass is 35.5. The van der Waals surface area contributed by atoms with E-state index in [1.54, 1.807) is 12.1 Å². The summed E-state index contributed by atoms with van der Waals surface area (Å²) >= 11 is 11.2. The minimum absolute atomic E-state index is 0.0253. The van der Waals surface area contributed by atoms with Gasteiger partial charge >= 0.3 is 0 Å². The van der Waals surface area contributed by atoms with E-state index in [0.717, 1.165) is 5.56 Å². The maximum absolute atomic E-state index is 12.1. The van der Waals surface area contributed by atoms with Gasteiger partial charge in [0, 0.05) is 12.1 Å². The summed E-state index contributed by atoms with van der Waals surface area (Å²) in [7, 11) is -3.69. The molecule has 0 aliphatic heterocycles. The van der Waals surface area contributed by atoms with Gasteiger partial charge in [-0.25, -0.2) is 13.4 Å². The molecule has 1 N–H and O–H groups in total. The molecule has 1 aromatic carbocycles. The van der Waals surface area contributed by atoms with Crippen molar-refractivity contribution >= 4 is 39.0 Å². The molecule has 106 valence electrons. The van der Waals surface area contributed by atoms with E-state index >= 15 is 0 Å². The van der Waals surface area contributed by atoms with E-state index in [0.29, 0.717) is 12.3 Å². The van der Waals surface area contributed by atoms with Crippen LogP contribution in [0.15, 0.2) is 41.4 Å². The molecule has 0 radical (unpaired) electrons. The fourth-order valence-corrected chi connectivity index (χ4v) is 2.90. The molecule has 0 aliphatic rings. The van der Waals surface area contributed by atoms with Crippen molar-refractivity contribution in [3.05, 3.63) is 47.4 Å². The van der Waals surface area contributed by atoms with Crippen molar-refractivity contribution in [1.29, 1.82) is 0 Å². The van der Waals surface area contributed by atoms with Gasteiger partial charge in [0.1, 0.15) is 5.82 Å². The van der Waals surface area contributed by atoms with Crippen LogP contribution in [0.1, 0.15) is 5.56 Å². The van der Waals surface area contributed by atoms with Crippen LogP contribution < -0.4 is 4.72 Å². The first-order chi connectivity index (χ1) is 9.51. The molecule has 0 fully saturated rings. The number of aryl methyl sites for hydroxylation is 1. The van der Waals surface area contributed by atoms with Crippen LogP contribution in [0.2, 0.25) is 5.28 Å². The third-order valence-electron chi connectivity index (χ3n) is 2.48. The van der Waals surface area contributed by atoms with Gasteiger partial charge in [-0.1, -0.05) is 12.1 Å². The van der Waals surface area contributed by atoms with Crippen molar-refractivity contribution in [2.75, 3.05) is 10.6 Å². The first-order valence-corrected chi connectivity index (χ1v) is 8.07. The molecule has 0 amide bonds. The first-order valence-electron chi connectivity index (χ1n) is 5.67. The third-order valence-corrected chi connectivity index (χ3v) is 4.22. The summed E-state index contributed by atoms with van der Waals surface area (Å²) in [4.78, 5) is 7.60. The second-order valence-corrected chi connectivity index (χ2v) is 6.30. The van der Waals surface area contributed by atoms with E-state index in [-0.39, 0.29) is 16.0 Å². The van der Waals surface area contributed by atoms with Gasteiger partial charge in [0.2, 0.25) is 5.28 Å². The fraction of sp³-hybridized carbons (Fsp3) is 0.167. The molecular formula is C12H11Cl2N3O2S. The first kappa shape index (κ1) is 15.0. The predicted molar refractivity (Wildman–Crippen MR) is 78.7 cm³/mol. The van der Waals surface area contributed by atoms with Gasteiger partial charge in [0.25, 0.3) is 10.0 Å². The zero-order valence-electron chi connectivity index (χ0n) is 10.3. The van der Waals surface area contributed by atoms with Gasteiger partial charge in [0.15, 0.2) is 0 Å². The van der Waals surface area contributed by atoms with Crippen molar-refractivity contribution in [1.82, 2.24) is 9.97 Å². The Kier molecular flexibility index (Phi) is 4.80. The van der Waals surface area contributed by atoms with Crippen LogP contribution in [-0.2, 0) is 16.4 Å². The Balaban J connectivity index is 2.21. The number of nitrogens with one attached hydrogen (secondary N) is 1. The molecule has 0 saturated heterocycles. The van der Waals surface area contributed by atoms with Crippen LogP contribution in [0.5, 0.6) is 0 Å². The maximum atomic E-state index is 12.1. The fourth-order valence-electron chi connectivity index (χ4n) is 1.53. The minimum atomic E-state index is -3.69. The van der Waals surface area contributed by atoms with Gasteiger partial charge in [-0.05, 0) is 41.8 Å². The van der Waals surface area contributed by atoms with Crippen LogP contribution in [-0.4, -0.2) is 24.3 Å². The second-order valence-electron chi connectivity index (χ2n) is 3.90. The summed E-state index contributed by atoms with van der Waals surface area (Å²) in [6.45, 7) is 0. The zero-order valence-corrected chi connectivity index (χ0v) is 12.6. The smallest absolute Gasteiger partial charge is 0.263 e. The number of benzene rings is 1. The SMILES string of the molecule is O=S(=O)(Nc1ccnc(Cl)n1)c1ccc(CCCl)cc1. The lowest BCUT2D eigenvalue weighted by atomic mass is 10.2. The number of hydrogen-bond acceptors (Lipinski definition) is 4. The number of sulfonamides is 1. The predicted octanol–water partition coefficient (Wildman–Crippen LogP) is 2.71. The number of anilines is 1. The topological polar surface area (TPSA) is 72.0 Å². The molecule has 5 nitrogen and oxygen atoms in total. The molecule has 2 rings (SSSR count). The lowest BCUT2D eigenvalue weighted by Gasteiger charge is -2.07. The lowest BCUT2D eigenvalue weighted by molar-refractivity contribution is 0.601. The second kappa shape index (κ2) is 6.39. The van der Waals surface area contributed by atoms with Crippen molar-refractivity contribution in [2.24, 2.45) is 0 Å². The molecule has 0 saturated carbocycles. The monoisotopic (exact) mass is 331 g/mol. The molecule has 0 unspecified atom stereocenters. The summed E-state index contributed by atoms with van der Waals surface area (Å²) in [5.74, 6) is 0.610. The van der Waals surface area contributed by atoms with Crippen molar-refractivity contribution in [3.8, 4) is 0 Å². The number of aromatic nitrogens is 2. The summed E-state index contributed by atoms with van der Waals surface area (Å²) in [5, 5.41) is -0.0253. The average molecular weight is 332 g/mol. The van der Waals surface area contributed by atoms with E-state index in [1.807, 2.05) is 0 Å². The number of nitrogens with zero attached hydrogens (tertiary/aromatic N) is 2. The zero-order chi connectivity index (χ0) is 14.6. The third kappa shape index (κ3) is 3.82. The Morgan fingerprint density at radius 1 is 1.15 bits per heavy atom. The Labute approximate surface area is 127 Å². The maximum Gasteiger partial charge on any atom is 0.263 e. The highest BCUT2D eigenvalue weighted by molar-refractivity contribution is 7.92. The summed E-state index contributed by atoms with van der Waals surface area (Å²) in [6, 6.07) is 7.92. The van der Waals surface area contributed by atoms with Gasteiger partial charge < -0.3 is 0 Å². The van der Waals surface area contributed by atoms with Crippen molar-refractivity contribution in [2.45, 2.75) is 11.3 Å². The van der Waals surface area contributed by atoms with Gasteiger partial charge in [-0.2, -0.15) is 4.98 Å². The Morgan fingerprint density at radius 2 is 1.85 bits per heavy atom. The van der Waals surface area contributed by atoms with E-state index < -0.39 is 10.0 Å². The number of halogens is 2. The van der Waals surface area contributed by atoms with Gasteiger partial charge in [-0.15, -0.1) is 11.6 Å². The van der Waals surface area contributed by atoms with E-state index in [2.05, 4.69) is 14.7 Å². The van der Waals surface area contributed by atoms with Crippen LogP contribution in [0, 0.1) is 0 Å². The summed E-state index contributed by atoms with van der Waals surface area (Å²) < 4.78 is 26.6.